The van der Waals surface area contributed by atoms with Gasteiger partial charge >= 0.3 is 5.97 Å². The van der Waals surface area contributed by atoms with E-state index in [1.54, 1.807) is 6.92 Å². The number of hydrogen-bond donors (Lipinski definition) is 9. The number of esters is 1. The average molecular weight is 599 g/mol. The Kier molecular flexibility index (Phi) is 7.33. The first-order valence-corrected chi connectivity index (χ1v) is 12.8. The zero-order valence-corrected chi connectivity index (χ0v) is 22.2. The van der Waals surface area contributed by atoms with E-state index < -0.39 is 93.1 Å². The molecule has 43 heavy (non-hydrogen) atoms. The molecule has 1 aliphatic carbocycles. The summed E-state index contributed by atoms with van der Waals surface area (Å²) in [4.78, 5) is 26.4. The summed E-state index contributed by atoms with van der Waals surface area (Å²) in [5, 5.41) is 90.6. The van der Waals surface area contributed by atoms with E-state index in [-0.39, 0.29) is 28.9 Å². The molecule has 0 aliphatic heterocycles. The molecule has 0 spiro atoms. The molecule has 1 saturated carbocycles. The van der Waals surface area contributed by atoms with Gasteiger partial charge in [0.15, 0.2) is 34.5 Å². The molecule has 1 heterocycles. The molecule has 9 N–H and O–H groups in total. The number of fused-ring (bicyclic) bond motifs is 1. The normalized spacial score (nSPS) is 20.6. The van der Waals surface area contributed by atoms with Crippen LogP contribution in [0.2, 0.25) is 0 Å². The number of aliphatic hydroxyl groups is 2. The quantitative estimate of drug-likeness (QED) is 0.0878. The highest BCUT2D eigenvalue weighted by atomic mass is 16.6. The molecule has 0 bridgehead atoms. The lowest BCUT2D eigenvalue weighted by molar-refractivity contribution is -0.109. The van der Waals surface area contributed by atoms with Gasteiger partial charge in [0.05, 0.1) is 17.6 Å². The number of aromatic hydroxyl groups is 7. The predicted molar refractivity (Wildman–Crippen MR) is 145 cm³/mol. The largest absolute Gasteiger partial charge is 0.508 e. The highest BCUT2D eigenvalue weighted by molar-refractivity contribution is 5.91. The second-order valence-corrected chi connectivity index (χ2v) is 10.2. The van der Waals surface area contributed by atoms with Crippen molar-refractivity contribution in [3.63, 3.8) is 0 Å². The first kappa shape index (κ1) is 29.2. The van der Waals surface area contributed by atoms with Crippen LogP contribution in [0.25, 0.3) is 22.3 Å². The summed E-state index contributed by atoms with van der Waals surface area (Å²) in [7, 11) is 0. The summed E-state index contributed by atoms with van der Waals surface area (Å²) in [6.45, 7) is 1.61. The standard InChI is InChI=1S/C29H26O14/c1-10-4-14(26(22(10)36)42-28(39)12-6-18(34)23(37)19(35)7-12)29(40)43-27-24(38)21-17(33)8-13(30)9-20(21)41-25(27)11-2-3-15(31)16(32)5-11/h2-3,5-10,14,22,26,29-37,40H,4H2,1H3/t10?,14-,22?,26?,29?/m1/s1. The van der Waals surface area contributed by atoms with Gasteiger partial charge in [-0.3, -0.25) is 4.79 Å². The van der Waals surface area contributed by atoms with Crippen LogP contribution in [-0.2, 0) is 4.74 Å². The van der Waals surface area contributed by atoms with E-state index in [1.807, 2.05) is 0 Å². The van der Waals surface area contributed by atoms with Crippen molar-refractivity contribution in [2.24, 2.45) is 11.8 Å². The van der Waals surface area contributed by atoms with Gasteiger partial charge in [-0.2, -0.15) is 0 Å². The van der Waals surface area contributed by atoms with Crippen molar-refractivity contribution < 1.29 is 64.6 Å². The summed E-state index contributed by atoms with van der Waals surface area (Å²) in [5.74, 6) is -8.50. The van der Waals surface area contributed by atoms with Gasteiger partial charge in [0.1, 0.15) is 28.6 Å². The number of aliphatic hydroxyl groups excluding tert-OH is 2. The molecule has 5 atom stereocenters. The highest BCUT2D eigenvalue weighted by Crippen LogP contribution is 2.42. The number of carbonyl (C=O) groups is 1. The van der Waals surface area contributed by atoms with Crippen LogP contribution in [0, 0.1) is 11.8 Å². The molecule has 3 aromatic carbocycles. The summed E-state index contributed by atoms with van der Waals surface area (Å²) < 4.78 is 16.8. The zero-order valence-electron chi connectivity index (χ0n) is 22.2. The zero-order chi connectivity index (χ0) is 31.3. The first-order valence-electron chi connectivity index (χ1n) is 12.8. The smallest absolute Gasteiger partial charge is 0.338 e. The van der Waals surface area contributed by atoms with Gasteiger partial charge in [0, 0.05) is 17.7 Å². The first-order chi connectivity index (χ1) is 20.3. The number of phenolic OH excluding ortho intramolecular Hbond substituents is 7. The van der Waals surface area contributed by atoms with E-state index in [0.29, 0.717) is 0 Å². The summed E-state index contributed by atoms with van der Waals surface area (Å²) >= 11 is 0. The van der Waals surface area contributed by atoms with Gasteiger partial charge < -0.3 is 59.8 Å². The fourth-order valence-corrected chi connectivity index (χ4v) is 5.07. The van der Waals surface area contributed by atoms with Crippen molar-refractivity contribution in [2.45, 2.75) is 31.8 Å². The maximum absolute atomic E-state index is 13.6. The lowest BCUT2D eigenvalue weighted by Gasteiger charge is -2.27. The van der Waals surface area contributed by atoms with Gasteiger partial charge in [-0.25, -0.2) is 4.79 Å². The third-order valence-corrected chi connectivity index (χ3v) is 7.29. The van der Waals surface area contributed by atoms with Crippen molar-refractivity contribution >= 4 is 16.9 Å². The number of benzene rings is 3. The maximum Gasteiger partial charge on any atom is 0.338 e. The Balaban J connectivity index is 1.54. The van der Waals surface area contributed by atoms with Crippen LogP contribution in [0.3, 0.4) is 0 Å². The lowest BCUT2D eigenvalue weighted by Crippen LogP contribution is -2.40. The Morgan fingerprint density at radius 3 is 2.23 bits per heavy atom. The van der Waals surface area contributed by atoms with Gasteiger partial charge in [0.2, 0.25) is 17.5 Å². The Labute approximate surface area is 241 Å². The topological polar surface area (TPSA) is 248 Å². The molecule has 1 aromatic heterocycles. The minimum atomic E-state index is -1.94. The van der Waals surface area contributed by atoms with E-state index in [1.165, 1.54) is 6.07 Å². The molecule has 0 radical (unpaired) electrons. The van der Waals surface area contributed by atoms with Gasteiger partial charge in [-0.1, -0.05) is 6.92 Å². The Morgan fingerprint density at radius 1 is 0.907 bits per heavy atom. The average Bonchev–Trinajstić information content (AvgIpc) is 3.22. The van der Waals surface area contributed by atoms with E-state index >= 15 is 0 Å². The third kappa shape index (κ3) is 5.24. The Hall–Kier alpha value is -5.34. The van der Waals surface area contributed by atoms with E-state index in [2.05, 4.69) is 0 Å². The van der Waals surface area contributed by atoms with Gasteiger partial charge in [-0.05, 0) is 42.7 Å². The van der Waals surface area contributed by atoms with E-state index in [4.69, 9.17) is 13.9 Å². The van der Waals surface area contributed by atoms with Crippen LogP contribution in [0.4, 0.5) is 0 Å². The molecule has 4 unspecified atom stereocenters. The Bertz CT molecular complexity index is 1770. The van der Waals surface area contributed by atoms with Crippen molar-refractivity contribution in [2.75, 3.05) is 0 Å². The van der Waals surface area contributed by atoms with Crippen LogP contribution in [-0.4, -0.2) is 70.4 Å². The molecule has 1 fully saturated rings. The van der Waals surface area contributed by atoms with E-state index in [9.17, 15) is 55.5 Å². The van der Waals surface area contributed by atoms with Crippen molar-refractivity contribution in [3.05, 3.63) is 58.3 Å². The number of carbonyl (C=O) groups excluding carboxylic acids is 1. The molecule has 1 aliphatic rings. The van der Waals surface area contributed by atoms with E-state index in [0.717, 1.165) is 36.4 Å². The third-order valence-electron chi connectivity index (χ3n) is 7.29. The summed E-state index contributed by atoms with van der Waals surface area (Å²) in [5.41, 5.74) is -1.65. The number of ether oxygens (including phenoxy) is 2. The molecule has 5 rings (SSSR count). The molecule has 14 nitrogen and oxygen atoms in total. The predicted octanol–water partition coefficient (Wildman–Crippen LogP) is 2.34. The van der Waals surface area contributed by atoms with Crippen LogP contribution in [0.1, 0.15) is 23.7 Å². The number of phenols is 7. The molecular weight excluding hydrogens is 572 g/mol. The van der Waals surface area contributed by atoms with Crippen LogP contribution < -0.4 is 10.2 Å². The van der Waals surface area contributed by atoms with Crippen LogP contribution in [0.5, 0.6) is 46.0 Å². The maximum atomic E-state index is 13.6. The fraction of sp³-hybridized carbons (Fsp3) is 0.241. The summed E-state index contributed by atoms with van der Waals surface area (Å²) in [6, 6.07) is 6.98. The van der Waals surface area contributed by atoms with Gasteiger partial charge in [0.25, 0.3) is 0 Å². The lowest BCUT2D eigenvalue weighted by atomic mass is 10.0. The van der Waals surface area contributed by atoms with Crippen LogP contribution in [0.15, 0.2) is 51.7 Å². The second kappa shape index (κ2) is 10.8. The fourth-order valence-electron chi connectivity index (χ4n) is 5.07. The Morgan fingerprint density at radius 2 is 1.58 bits per heavy atom. The summed E-state index contributed by atoms with van der Waals surface area (Å²) in [6.07, 6.45) is -4.66. The molecule has 0 saturated heterocycles. The van der Waals surface area contributed by atoms with Crippen molar-refractivity contribution in [3.8, 4) is 57.3 Å². The minimum Gasteiger partial charge on any atom is -0.508 e. The molecule has 4 aromatic rings. The molecule has 14 heteroatoms. The van der Waals surface area contributed by atoms with Crippen molar-refractivity contribution in [1.29, 1.82) is 0 Å². The highest BCUT2D eigenvalue weighted by Gasteiger charge is 2.47. The molecule has 226 valence electrons. The molecular formula is C29H26O14. The second-order valence-electron chi connectivity index (χ2n) is 10.2. The SMILES string of the molecule is CC1C[C@@H](C(O)Oc2c(-c3ccc(O)c(O)c3)oc3cc(O)cc(O)c3c2=O)C(OC(=O)c2cc(O)c(O)c(O)c2)C1O. The van der Waals surface area contributed by atoms with Crippen molar-refractivity contribution in [1.82, 2.24) is 0 Å². The minimum absolute atomic E-state index is 0.00548. The van der Waals surface area contributed by atoms with Crippen LogP contribution >= 0.6 is 0 Å². The van der Waals surface area contributed by atoms with Gasteiger partial charge in [-0.15, -0.1) is 0 Å². The number of rotatable bonds is 6. The molecule has 0 amide bonds. The monoisotopic (exact) mass is 598 g/mol. The number of hydrogen-bond acceptors (Lipinski definition) is 14.